The quantitative estimate of drug-likeness (QED) is 0.943. The van der Waals surface area contributed by atoms with Gasteiger partial charge in [-0.1, -0.05) is 0 Å². The molecule has 1 N–H and O–H groups in total. The molecule has 0 radical (unpaired) electrons. The summed E-state index contributed by atoms with van der Waals surface area (Å²) in [5.74, 6) is -1.84. The number of aromatic carboxylic acids is 1. The number of ether oxygens (including phenoxy) is 1. The second-order valence-electron chi connectivity index (χ2n) is 3.22. The predicted molar refractivity (Wildman–Crippen MR) is 63.2 cm³/mol. The van der Waals surface area contributed by atoms with E-state index in [0.29, 0.717) is 4.47 Å². The highest BCUT2D eigenvalue weighted by Crippen LogP contribution is 2.27. The van der Waals surface area contributed by atoms with E-state index in [1.807, 2.05) is 0 Å². The molecule has 0 unspecified atom stereocenters. The van der Waals surface area contributed by atoms with Crippen LogP contribution in [0.2, 0.25) is 0 Å². The predicted octanol–water partition coefficient (Wildman–Crippen LogP) is 2.87. The van der Waals surface area contributed by atoms with Crippen molar-refractivity contribution < 1.29 is 19.0 Å². The van der Waals surface area contributed by atoms with Gasteiger partial charge in [0.05, 0.1) is 10.0 Å². The van der Waals surface area contributed by atoms with Crippen molar-refractivity contribution in [1.82, 2.24) is 9.97 Å². The summed E-state index contributed by atoms with van der Waals surface area (Å²) in [6, 6.07) is 3.46. The maximum atomic E-state index is 13.4. The minimum atomic E-state index is -1.33. The Morgan fingerprint density at radius 1 is 1.44 bits per heavy atom. The molecule has 0 aliphatic carbocycles. The molecule has 0 saturated heterocycles. The van der Waals surface area contributed by atoms with E-state index in [4.69, 9.17) is 9.84 Å². The molecule has 2 aromatic rings. The van der Waals surface area contributed by atoms with Crippen LogP contribution < -0.4 is 4.74 Å². The molecule has 0 amide bonds. The van der Waals surface area contributed by atoms with Crippen molar-refractivity contribution in [2.75, 3.05) is 0 Å². The van der Waals surface area contributed by atoms with Gasteiger partial charge in [0.15, 0.2) is 0 Å². The Labute approximate surface area is 109 Å². The van der Waals surface area contributed by atoms with Gasteiger partial charge >= 0.3 is 5.97 Å². The molecule has 0 aliphatic heterocycles. The Hall–Kier alpha value is -2.02. The number of hydrogen-bond acceptors (Lipinski definition) is 4. The van der Waals surface area contributed by atoms with Crippen LogP contribution in [-0.4, -0.2) is 21.0 Å². The van der Waals surface area contributed by atoms with Gasteiger partial charge in [-0.25, -0.2) is 19.2 Å². The smallest absolute Gasteiger partial charge is 0.338 e. The summed E-state index contributed by atoms with van der Waals surface area (Å²) in [7, 11) is 0. The van der Waals surface area contributed by atoms with Crippen molar-refractivity contribution in [2.45, 2.75) is 0 Å². The molecule has 2 rings (SSSR count). The van der Waals surface area contributed by atoms with Crippen LogP contribution in [0.4, 0.5) is 4.39 Å². The number of hydrogen-bond donors (Lipinski definition) is 1. The van der Waals surface area contributed by atoms with E-state index < -0.39 is 17.3 Å². The van der Waals surface area contributed by atoms with E-state index >= 15 is 0 Å². The van der Waals surface area contributed by atoms with Gasteiger partial charge in [0.2, 0.25) is 5.88 Å². The lowest BCUT2D eigenvalue weighted by molar-refractivity contribution is 0.0692. The third-order valence-corrected chi connectivity index (χ3v) is 2.56. The topological polar surface area (TPSA) is 72.3 Å². The first-order valence-corrected chi connectivity index (χ1v) is 5.53. The highest BCUT2D eigenvalue weighted by atomic mass is 79.9. The van der Waals surface area contributed by atoms with E-state index in [-0.39, 0.29) is 11.6 Å². The summed E-state index contributed by atoms with van der Waals surface area (Å²) >= 11 is 3.17. The van der Waals surface area contributed by atoms with Crippen molar-refractivity contribution in [1.29, 1.82) is 0 Å². The first-order chi connectivity index (χ1) is 8.58. The third-order valence-electron chi connectivity index (χ3n) is 2.02. The molecule has 0 bridgehead atoms. The monoisotopic (exact) mass is 312 g/mol. The molecular formula is C11H6BrFN2O3. The zero-order chi connectivity index (χ0) is 13.1. The molecule has 18 heavy (non-hydrogen) atoms. The van der Waals surface area contributed by atoms with E-state index in [1.54, 1.807) is 0 Å². The van der Waals surface area contributed by atoms with Crippen molar-refractivity contribution >= 4 is 21.9 Å². The molecular weight excluding hydrogens is 307 g/mol. The molecule has 7 heteroatoms. The highest BCUT2D eigenvalue weighted by Gasteiger charge is 2.12. The fourth-order valence-electron chi connectivity index (χ4n) is 1.22. The van der Waals surface area contributed by atoms with Gasteiger partial charge in [-0.15, -0.1) is 0 Å². The number of carboxylic acid groups (broad SMARTS) is 1. The summed E-state index contributed by atoms with van der Waals surface area (Å²) in [6.45, 7) is 0. The number of benzene rings is 1. The largest absolute Gasteiger partial charge is 0.478 e. The van der Waals surface area contributed by atoms with Crippen LogP contribution >= 0.6 is 15.9 Å². The summed E-state index contributed by atoms with van der Waals surface area (Å²) in [4.78, 5) is 18.2. The Kier molecular flexibility index (Phi) is 3.52. The number of carbonyl (C=O) groups is 1. The Morgan fingerprint density at radius 3 is 2.83 bits per heavy atom. The lowest BCUT2D eigenvalue weighted by Crippen LogP contribution is -2.00. The van der Waals surface area contributed by atoms with Crippen LogP contribution in [0.1, 0.15) is 10.4 Å². The first-order valence-electron chi connectivity index (χ1n) is 4.74. The minimum Gasteiger partial charge on any atom is -0.478 e. The Morgan fingerprint density at radius 2 is 2.22 bits per heavy atom. The molecule has 1 aromatic heterocycles. The van der Waals surface area contributed by atoms with Crippen molar-refractivity contribution in [3.8, 4) is 11.6 Å². The van der Waals surface area contributed by atoms with Crippen LogP contribution in [0.5, 0.6) is 11.6 Å². The zero-order valence-corrected chi connectivity index (χ0v) is 10.4. The SMILES string of the molecule is O=C(O)c1ccc(Oc2ncncc2Br)cc1F. The van der Waals surface area contributed by atoms with Crippen LogP contribution in [0.3, 0.4) is 0 Å². The minimum absolute atomic E-state index is 0.150. The van der Waals surface area contributed by atoms with Gasteiger partial charge in [0.1, 0.15) is 17.9 Å². The maximum absolute atomic E-state index is 13.4. The number of aromatic nitrogens is 2. The van der Waals surface area contributed by atoms with Crippen LogP contribution in [0.15, 0.2) is 35.2 Å². The molecule has 5 nitrogen and oxygen atoms in total. The fraction of sp³-hybridized carbons (Fsp3) is 0. The van der Waals surface area contributed by atoms with Crippen molar-refractivity contribution in [3.05, 3.63) is 46.6 Å². The molecule has 0 aliphatic rings. The molecule has 0 fully saturated rings. The Bertz CT molecular complexity index is 607. The van der Waals surface area contributed by atoms with Crippen LogP contribution in [0, 0.1) is 5.82 Å². The van der Waals surface area contributed by atoms with Crippen LogP contribution in [0.25, 0.3) is 0 Å². The maximum Gasteiger partial charge on any atom is 0.338 e. The van der Waals surface area contributed by atoms with Gasteiger partial charge in [-0.05, 0) is 28.1 Å². The molecule has 1 heterocycles. The molecule has 1 aromatic carbocycles. The number of nitrogens with zero attached hydrogens (tertiary/aromatic N) is 2. The lowest BCUT2D eigenvalue weighted by atomic mass is 10.2. The molecule has 0 atom stereocenters. The number of rotatable bonds is 3. The van der Waals surface area contributed by atoms with E-state index in [0.717, 1.165) is 12.1 Å². The van der Waals surface area contributed by atoms with Gasteiger partial charge in [-0.2, -0.15) is 0 Å². The Balaban J connectivity index is 2.29. The number of halogens is 2. The van der Waals surface area contributed by atoms with E-state index in [1.165, 1.54) is 18.6 Å². The van der Waals surface area contributed by atoms with E-state index in [2.05, 4.69) is 25.9 Å². The zero-order valence-electron chi connectivity index (χ0n) is 8.80. The second-order valence-corrected chi connectivity index (χ2v) is 4.08. The standard InChI is InChI=1S/C11H6BrFN2O3/c12-8-4-14-5-15-10(8)18-6-1-2-7(11(16)17)9(13)3-6/h1-5H,(H,16,17). The van der Waals surface area contributed by atoms with Gasteiger partial charge in [0, 0.05) is 12.3 Å². The molecule has 92 valence electrons. The average molecular weight is 313 g/mol. The highest BCUT2D eigenvalue weighted by molar-refractivity contribution is 9.10. The van der Waals surface area contributed by atoms with Crippen LogP contribution in [-0.2, 0) is 0 Å². The second kappa shape index (κ2) is 5.09. The molecule has 0 saturated carbocycles. The van der Waals surface area contributed by atoms with Gasteiger partial charge in [-0.3, -0.25) is 0 Å². The van der Waals surface area contributed by atoms with Crippen molar-refractivity contribution in [3.63, 3.8) is 0 Å². The molecule has 0 spiro atoms. The summed E-state index contributed by atoms with van der Waals surface area (Å²) < 4.78 is 19.2. The van der Waals surface area contributed by atoms with Crippen molar-refractivity contribution in [2.24, 2.45) is 0 Å². The summed E-state index contributed by atoms with van der Waals surface area (Å²) in [5.41, 5.74) is -0.413. The summed E-state index contributed by atoms with van der Waals surface area (Å²) in [6.07, 6.45) is 2.76. The van der Waals surface area contributed by atoms with Gasteiger partial charge < -0.3 is 9.84 Å². The first kappa shape index (κ1) is 12.4. The fourth-order valence-corrected chi connectivity index (χ4v) is 1.52. The normalized spacial score (nSPS) is 10.1. The average Bonchev–Trinajstić information content (AvgIpc) is 2.32. The van der Waals surface area contributed by atoms with Gasteiger partial charge in [0.25, 0.3) is 0 Å². The summed E-state index contributed by atoms with van der Waals surface area (Å²) in [5, 5.41) is 8.68. The third kappa shape index (κ3) is 2.62. The lowest BCUT2D eigenvalue weighted by Gasteiger charge is -2.06. The number of carboxylic acids is 1. The van der Waals surface area contributed by atoms with E-state index in [9.17, 15) is 9.18 Å².